The number of anilines is 1. The van der Waals surface area contributed by atoms with Gasteiger partial charge in [-0.15, -0.1) is 0 Å². The van der Waals surface area contributed by atoms with Crippen LogP contribution in [0.1, 0.15) is 39.2 Å². The van der Waals surface area contributed by atoms with E-state index in [4.69, 9.17) is 9.40 Å². The molecule has 44 heavy (non-hydrogen) atoms. The van der Waals surface area contributed by atoms with Crippen LogP contribution in [0.4, 0.5) is 5.82 Å². The fourth-order valence-electron chi connectivity index (χ4n) is 6.03. The standard InChI is InChI=1S/C36H37BrN4O3/c1-39(2)16-15-36(43,29-12-7-4-8-13-29)31-25-30(37)24-27-23-28(22-26-10-5-3-6-11-26)34(38-33(27)31)40-17-19-41(20-18-40)35(42)32-14-9-21-44-32/h3-14,21,23-25,43H,15-20,22H2,1-2H3. The summed E-state index contributed by atoms with van der Waals surface area (Å²) in [6, 6.07) is 30.1. The largest absolute Gasteiger partial charge is 0.459 e. The number of fused-ring (bicyclic) bond motifs is 1. The van der Waals surface area contributed by atoms with E-state index in [0.717, 1.165) is 44.3 Å². The number of benzene rings is 3. The van der Waals surface area contributed by atoms with Crippen molar-refractivity contribution in [1.29, 1.82) is 0 Å². The zero-order chi connectivity index (χ0) is 30.7. The number of aliphatic hydroxyl groups is 1. The second kappa shape index (κ2) is 12.9. The van der Waals surface area contributed by atoms with Gasteiger partial charge in [0.2, 0.25) is 0 Å². The van der Waals surface area contributed by atoms with Crippen molar-refractivity contribution in [3.8, 4) is 0 Å². The fourth-order valence-corrected chi connectivity index (χ4v) is 6.51. The van der Waals surface area contributed by atoms with Crippen molar-refractivity contribution < 1.29 is 14.3 Å². The third-order valence-electron chi connectivity index (χ3n) is 8.39. The normalized spacial score (nSPS) is 15.1. The van der Waals surface area contributed by atoms with E-state index in [1.165, 1.54) is 11.8 Å². The van der Waals surface area contributed by atoms with Gasteiger partial charge < -0.3 is 24.2 Å². The third-order valence-corrected chi connectivity index (χ3v) is 8.85. The van der Waals surface area contributed by atoms with Crippen LogP contribution in [-0.2, 0) is 12.0 Å². The molecule has 226 valence electrons. The van der Waals surface area contributed by atoms with E-state index in [0.29, 0.717) is 44.9 Å². The topological polar surface area (TPSA) is 73.1 Å². The molecule has 1 amide bonds. The number of hydrogen-bond donors (Lipinski definition) is 1. The highest BCUT2D eigenvalue weighted by atomic mass is 79.9. The Kier molecular flexibility index (Phi) is 8.84. The average Bonchev–Trinajstić information content (AvgIpc) is 3.59. The molecule has 1 aliphatic heterocycles. The number of hydrogen-bond acceptors (Lipinski definition) is 6. The molecule has 1 N–H and O–H groups in total. The lowest BCUT2D eigenvalue weighted by molar-refractivity contribution is 0.0641. The van der Waals surface area contributed by atoms with E-state index < -0.39 is 5.60 Å². The quantitative estimate of drug-likeness (QED) is 0.201. The molecule has 3 heterocycles. The van der Waals surface area contributed by atoms with Crippen LogP contribution in [0.15, 0.2) is 106 Å². The number of halogens is 1. The Hall–Kier alpha value is -3.98. The number of carbonyl (C=O) groups excluding carboxylic acids is 1. The van der Waals surface area contributed by atoms with Crippen LogP contribution in [0.25, 0.3) is 10.9 Å². The van der Waals surface area contributed by atoms with Crippen molar-refractivity contribution >= 4 is 38.6 Å². The van der Waals surface area contributed by atoms with E-state index in [1.807, 2.05) is 61.5 Å². The van der Waals surface area contributed by atoms with Gasteiger partial charge in [-0.3, -0.25) is 4.79 Å². The summed E-state index contributed by atoms with van der Waals surface area (Å²) in [5.74, 6) is 1.16. The number of pyridine rings is 1. The lowest BCUT2D eigenvalue weighted by Gasteiger charge is -2.36. The minimum Gasteiger partial charge on any atom is -0.459 e. The van der Waals surface area contributed by atoms with Crippen LogP contribution in [0.2, 0.25) is 0 Å². The third kappa shape index (κ3) is 6.29. The van der Waals surface area contributed by atoms with Crippen molar-refractivity contribution in [1.82, 2.24) is 14.8 Å². The highest BCUT2D eigenvalue weighted by molar-refractivity contribution is 9.10. The lowest BCUT2D eigenvalue weighted by Crippen LogP contribution is -2.49. The Labute approximate surface area is 266 Å². The molecule has 0 saturated carbocycles. The maximum Gasteiger partial charge on any atom is 0.289 e. The van der Waals surface area contributed by atoms with E-state index >= 15 is 0 Å². The first-order valence-electron chi connectivity index (χ1n) is 15.0. The molecule has 1 atom stereocenters. The highest BCUT2D eigenvalue weighted by Crippen LogP contribution is 2.40. The van der Waals surface area contributed by atoms with Crippen LogP contribution in [0, 0.1) is 0 Å². The number of amides is 1. The van der Waals surface area contributed by atoms with E-state index in [1.54, 1.807) is 12.1 Å². The molecule has 1 aliphatic rings. The van der Waals surface area contributed by atoms with Crippen molar-refractivity contribution in [2.75, 3.05) is 51.7 Å². The van der Waals surface area contributed by atoms with Gasteiger partial charge in [0.05, 0.1) is 11.8 Å². The lowest BCUT2D eigenvalue weighted by atomic mass is 9.82. The van der Waals surface area contributed by atoms with Crippen molar-refractivity contribution in [2.45, 2.75) is 18.4 Å². The van der Waals surface area contributed by atoms with Gasteiger partial charge in [0.25, 0.3) is 5.91 Å². The van der Waals surface area contributed by atoms with Gasteiger partial charge >= 0.3 is 0 Å². The minimum atomic E-state index is -1.26. The maximum atomic E-state index is 13.0. The van der Waals surface area contributed by atoms with Crippen LogP contribution in [-0.4, -0.2) is 72.6 Å². The van der Waals surface area contributed by atoms with E-state index in [2.05, 4.69) is 62.1 Å². The van der Waals surface area contributed by atoms with Crippen molar-refractivity contribution in [2.24, 2.45) is 0 Å². The molecule has 7 nitrogen and oxygen atoms in total. The second-order valence-corrected chi connectivity index (χ2v) is 12.6. The van der Waals surface area contributed by atoms with E-state index in [9.17, 15) is 9.90 Å². The smallest absolute Gasteiger partial charge is 0.289 e. The summed E-state index contributed by atoms with van der Waals surface area (Å²) < 4.78 is 6.26. The molecule has 6 rings (SSSR count). The van der Waals surface area contributed by atoms with Gasteiger partial charge in [0, 0.05) is 54.6 Å². The van der Waals surface area contributed by atoms with Crippen LogP contribution in [0.3, 0.4) is 0 Å². The summed E-state index contributed by atoms with van der Waals surface area (Å²) in [5, 5.41) is 13.5. The Balaban J connectivity index is 1.45. The first-order chi connectivity index (χ1) is 21.3. The van der Waals surface area contributed by atoms with Gasteiger partial charge in [-0.1, -0.05) is 76.6 Å². The van der Waals surface area contributed by atoms with Gasteiger partial charge in [-0.25, -0.2) is 4.98 Å². The SMILES string of the molecule is CN(C)CCC(O)(c1ccccc1)c1cc(Br)cc2cc(Cc3ccccc3)c(N3CCN(C(=O)c4ccco4)CC3)nc12. The van der Waals surface area contributed by atoms with Gasteiger partial charge in [0.1, 0.15) is 11.4 Å². The first-order valence-corrected chi connectivity index (χ1v) is 15.8. The maximum absolute atomic E-state index is 13.0. The summed E-state index contributed by atoms with van der Waals surface area (Å²) >= 11 is 3.75. The molecule has 0 spiro atoms. The monoisotopic (exact) mass is 652 g/mol. The number of carbonyl (C=O) groups is 1. The first kappa shape index (κ1) is 30.1. The number of rotatable bonds is 9. The second-order valence-electron chi connectivity index (χ2n) is 11.7. The molecule has 3 aromatic carbocycles. The molecule has 8 heteroatoms. The summed E-state index contributed by atoms with van der Waals surface area (Å²) in [5.41, 5.74) is 3.43. The van der Waals surface area contributed by atoms with Crippen molar-refractivity contribution in [3.05, 3.63) is 130 Å². The summed E-state index contributed by atoms with van der Waals surface area (Å²) in [6.07, 6.45) is 2.76. The molecule has 1 saturated heterocycles. The molecule has 0 aliphatic carbocycles. The molecule has 2 aromatic heterocycles. The molecule has 1 unspecified atom stereocenters. The number of furan rings is 1. The number of aromatic nitrogens is 1. The summed E-state index contributed by atoms with van der Waals surface area (Å²) in [4.78, 5) is 24.6. The number of piperazine rings is 1. The molecule has 5 aromatic rings. The Morgan fingerprint density at radius 1 is 0.955 bits per heavy atom. The molecule has 0 radical (unpaired) electrons. The predicted octanol–water partition coefficient (Wildman–Crippen LogP) is 6.33. The zero-order valence-electron chi connectivity index (χ0n) is 25.1. The molecular weight excluding hydrogens is 616 g/mol. The van der Waals surface area contributed by atoms with Gasteiger partial charge in [0.15, 0.2) is 5.76 Å². The van der Waals surface area contributed by atoms with Crippen LogP contribution < -0.4 is 4.90 Å². The van der Waals surface area contributed by atoms with Gasteiger partial charge in [-0.05, 0) is 67.5 Å². The molecular formula is C36H37BrN4O3. The average molecular weight is 654 g/mol. The van der Waals surface area contributed by atoms with Crippen LogP contribution >= 0.6 is 15.9 Å². The van der Waals surface area contributed by atoms with Crippen LogP contribution in [0.5, 0.6) is 0 Å². The predicted molar refractivity (Wildman–Crippen MR) is 178 cm³/mol. The van der Waals surface area contributed by atoms with E-state index in [-0.39, 0.29) is 5.91 Å². The Morgan fingerprint density at radius 3 is 2.32 bits per heavy atom. The molecule has 1 fully saturated rings. The van der Waals surface area contributed by atoms with Gasteiger partial charge in [-0.2, -0.15) is 0 Å². The highest BCUT2D eigenvalue weighted by Gasteiger charge is 2.35. The fraction of sp³-hybridized carbons (Fsp3) is 0.278. The number of nitrogens with zero attached hydrogens (tertiary/aromatic N) is 4. The zero-order valence-corrected chi connectivity index (χ0v) is 26.7. The Bertz CT molecular complexity index is 1720. The Morgan fingerprint density at radius 2 is 1.66 bits per heavy atom. The summed E-state index contributed by atoms with van der Waals surface area (Å²) in [6.45, 7) is 3.11. The van der Waals surface area contributed by atoms with Crippen molar-refractivity contribution in [3.63, 3.8) is 0 Å². The summed E-state index contributed by atoms with van der Waals surface area (Å²) in [7, 11) is 4.04. The minimum absolute atomic E-state index is 0.0911. The molecule has 0 bridgehead atoms.